The zero-order valence-electron chi connectivity index (χ0n) is 14.2. The van der Waals surface area contributed by atoms with Crippen LogP contribution >= 0.6 is 27.7 Å². The third kappa shape index (κ3) is 5.41. The summed E-state index contributed by atoms with van der Waals surface area (Å²) in [5.74, 6) is -0.189. The molecular weight excluding hydrogens is 432 g/mol. The molecule has 0 aliphatic heterocycles. The number of benzene rings is 2. The number of hydrogen-bond donors (Lipinski definition) is 2. The van der Waals surface area contributed by atoms with Gasteiger partial charge in [0, 0.05) is 17.0 Å². The first-order valence-corrected chi connectivity index (χ1v) is 9.66. The highest BCUT2D eigenvalue weighted by Crippen LogP contribution is 2.22. The second-order valence-corrected chi connectivity index (χ2v) is 7.30. The third-order valence-electron chi connectivity index (χ3n) is 3.33. The fourth-order valence-electron chi connectivity index (χ4n) is 2.21. The predicted molar refractivity (Wildman–Crippen MR) is 108 cm³/mol. The Morgan fingerprint density at radius 2 is 2.15 bits per heavy atom. The lowest BCUT2D eigenvalue weighted by molar-refractivity contribution is -0.131. The highest BCUT2D eigenvalue weighted by atomic mass is 79.9. The van der Waals surface area contributed by atoms with Crippen LogP contribution in [0.2, 0.25) is 0 Å². The van der Waals surface area contributed by atoms with Gasteiger partial charge in [0.15, 0.2) is 5.16 Å². The molecule has 1 aromatic heterocycles. The van der Waals surface area contributed by atoms with Crippen LogP contribution in [0.4, 0.5) is 0 Å². The maximum atomic E-state index is 12.0. The summed E-state index contributed by atoms with van der Waals surface area (Å²) in [5.41, 5.74) is 4.78. The van der Waals surface area contributed by atoms with Crippen LogP contribution in [-0.2, 0) is 9.59 Å². The predicted octanol–water partition coefficient (Wildman–Crippen LogP) is 3.49. The van der Waals surface area contributed by atoms with Gasteiger partial charge in [-0.2, -0.15) is 5.10 Å². The summed E-state index contributed by atoms with van der Waals surface area (Å²) >= 11 is 4.63. The SMILES string of the molecule is CC(=O)Oc1ccc(Br)cc1/C=N\NC(=O)CSc1nc2ccccc2[nH]1. The number of imidazole rings is 1. The zero-order chi connectivity index (χ0) is 19.2. The van der Waals surface area contributed by atoms with Crippen LogP contribution in [0, 0.1) is 0 Å². The number of para-hydroxylation sites is 2. The van der Waals surface area contributed by atoms with E-state index in [1.54, 1.807) is 18.2 Å². The Kier molecular flexibility index (Phi) is 6.25. The average Bonchev–Trinajstić information content (AvgIpc) is 3.05. The van der Waals surface area contributed by atoms with Crippen molar-refractivity contribution in [1.82, 2.24) is 15.4 Å². The Balaban J connectivity index is 1.57. The van der Waals surface area contributed by atoms with Crippen molar-refractivity contribution in [2.45, 2.75) is 12.1 Å². The summed E-state index contributed by atoms with van der Waals surface area (Å²) in [7, 11) is 0. The van der Waals surface area contributed by atoms with Gasteiger partial charge in [0.25, 0.3) is 5.91 Å². The molecule has 27 heavy (non-hydrogen) atoms. The number of nitrogens with one attached hydrogen (secondary N) is 2. The lowest BCUT2D eigenvalue weighted by Crippen LogP contribution is -2.19. The number of rotatable bonds is 6. The molecule has 3 rings (SSSR count). The standard InChI is InChI=1S/C18H15BrN4O3S/c1-11(24)26-16-7-6-13(19)8-12(16)9-20-23-17(25)10-27-18-21-14-4-2-3-5-15(14)22-18/h2-9H,10H2,1H3,(H,21,22)(H,23,25)/b20-9-. The van der Waals surface area contributed by atoms with Crippen LogP contribution in [0.3, 0.4) is 0 Å². The van der Waals surface area contributed by atoms with Crippen LogP contribution in [0.5, 0.6) is 5.75 Å². The Hall–Kier alpha value is -2.65. The van der Waals surface area contributed by atoms with E-state index in [4.69, 9.17) is 4.74 Å². The first-order chi connectivity index (χ1) is 13.0. The Morgan fingerprint density at radius 1 is 1.33 bits per heavy atom. The monoisotopic (exact) mass is 446 g/mol. The molecule has 0 saturated heterocycles. The number of aromatic nitrogens is 2. The summed E-state index contributed by atoms with van der Waals surface area (Å²) in [6.07, 6.45) is 1.42. The van der Waals surface area contributed by atoms with E-state index >= 15 is 0 Å². The van der Waals surface area contributed by atoms with Gasteiger partial charge < -0.3 is 9.72 Å². The molecular formula is C18H15BrN4O3S. The van der Waals surface area contributed by atoms with Gasteiger partial charge in [-0.1, -0.05) is 39.8 Å². The molecule has 2 aromatic carbocycles. The second-order valence-electron chi connectivity index (χ2n) is 5.42. The maximum Gasteiger partial charge on any atom is 0.308 e. The quantitative estimate of drug-likeness (QED) is 0.198. The number of amides is 1. The van der Waals surface area contributed by atoms with Gasteiger partial charge >= 0.3 is 5.97 Å². The molecule has 138 valence electrons. The molecule has 0 fully saturated rings. The smallest absolute Gasteiger partial charge is 0.308 e. The maximum absolute atomic E-state index is 12.0. The van der Waals surface area contributed by atoms with Crippen LogP contribution in [-0.4, -0.2) is 33.8 Å². The summed E-state index contributed by atoms with van der Waals surface area (Å²) < 4.78 is 5.91. The number of ether oxygens (including phenoxy) is 1. The molecule has 0 saturated carbocycles. The van der Waals surface area contributed by atoms with E-state index in [2.05, 4.69) is 36.4 Å². The highest BCUT2D eigenvalue weighted by Gasteiger charge is 2.08. The van der Waals surface area contributed by atoms with Crippen LogP contribution in [0.1, 0.15) is 12.5 Å². The van der Waals surface area contributed by atoms with Crippen molar-refractivity contribution in [1.29, 1.82) is 0 Å². The van der Waals surface area contributed by atoms with E-state index in [1.807, 2.05) is 24.3 Å². The molecule has 2 N–H and O–H groups in total. The number of carbonyl (C=O) groups is 2. The fourth-order valence-corrected chi connectivity index (χ4v) is 3.26. The third-order valence-corrected chi connectivity index (χ3v) is 4.69. The highest BCUT2D eigenvalue weighted by molar-refractivity contribution is 9.10. The number of carbonyl (C=O) groups excluding carboxylic acids is 2. The van der Waals surface area contributed by atoms with E-state index in [0.717, 1.165) is 15.5 Å². The normalized spacial score (nSPS) is 11.0. The van der Waals surface area contributed by atoms with Gasteiger partial charge in [-0.25, -0.2) is 10.4 Å². The molecule has 0 aliphatic rings. The molecule has 0 spiro atoms. The number of esters is 1. The lowest BCUT2D eigenvalue weighted by atomic mass is 10.2. The van der Waals surface area contributed by atoms with Crippen molar-refractivity contribution in [2.75, 3.05) is 5.75 Å². The molecule has 0 unspecified atom stereocenters. The van der Waals surface area contributed by atoms with Gasteiger partial charge in [-0.3, -0.25) is 9.59 Å². The molecule has 3 aromatic rings. The van der Waals surface area contributed by atoms with Crippen molar-refractivity contribution in [3.8, 4) is 5.75 Å². The van der Waals surface area contributed by atoms with Crippen LogP contribution in [0.15, 0.2) is 57.2 Å². The number of nitrogens with zero attached hydrogens (tertiary/aromatic N) is 2. The van der Waals surface area contributed by atoms with Gasteiger partial charge in [0.2, 0.25) is 0 Å². The molecule has 0 aliphatic carbocycles. The minimum atomic E-state index is -0.432. The number of thioether (sulfide) groups is 1. The average molecular weight is 447 g/mol. The Morgan fingerprint density at radius 3 is 2.93 bits per heavy atom. The molecule has 1 amide bonds. The summed E-state index contributed by atoms with van der Waals surface area (Å²) in [6, 6.07) is 12.8. The van der Waals surface area contributed by atoms with E-state index in [9.17, 15) is 9.59 Å². The van der Waals surface area contributed by atoms with Gasteiger partial charge in [0.05, 0.1) is 23.0 Å². The van der Waals surface area contributed by atoms with E-state index in [-0.39, 0.29) is 11.7 Å². The number of H-pyrrole nitrogens is 1. The van der Waals surface area contributed by atoms with Crippen molar-refractivity contribution in [2.24, 2.45) is 5.10 Å². The van der Waals surface area contributed by atoms with Crippen molar-refractivity contribution < 1.29 is 14.3 Å². The number of aromatic amines is 1. The summed E-state index contributed by atoms with van der Waals surface area (Å²) in [6.45, 7) is 1.32. The van der Waals surface area contributed by atoms with Crippen LogP contribution in [0.25, 0.3) is 11.0 Å². The zero-order valence-corrected chi connectivity index (χ0v) is 16.6. The topological polar surface area (TPSA) is 96.4 Å². The first-order valence-electron chi connectivity index (χ1n) is 7.88. The van der Waals surface area contributed by atoms with Crippen molar-refractivity contribution in [3.05, 3.63) is 52.5 Å². The van der Waals surface area contributed by atoms with E-state index in [0.29, 0.717) is 16.5 Å². The minimum Gasteiger partial charge on any atom is -0.426 e. The van der Waals surface area contributed by atoms with Gasteiger partial charge in [-0.05, 0) is 30.3 Å². The van der Waals surface area contributed by atoms with Gasteiger partial charge in [0.1, 0.15) is 5.75 Å². The molecule has 9 heteroatoms. The molecule has 0 bridgehead atoms. The molecule has 7 nitrogen and oxygen atoms in total. The van der Waals surface area contributed by atoms with E-state index in [1.165, 1.54) is 24.9 Å². The molecule has 1 heterocycles. The van der Waals surface area contributed by atoms with Crippen molar-refractivity contribution >= 4 is 56.8 Å². The van der Waals surface area contributed by atoms with E-state index < -0.39 is 5.97 Å². The Bertz CT molecular complexity index is 986. The minimum absolute atomic E-state index is 0.159. The summed E-state index contributed by atoms with van der Waals surface area (Å²) in [4.78, 5) is 30.7. The molecule has 0 atom stereocenters. The Labute approximate surface area is 167 Å². The second kappa shape index (κ2) is 8.83. The van der Waals surface area contributed by atoms with Gasteiger partial charge in [-0.15, -0.1) is 0 Å². The van der Waals surface area contributed by atoms with Crippen molar-refractivity contribution in [3.63, 3.8) is 0 Å². The summed E-state index contributed by atoms with van der Waals surface area (Å²) in [5, 5.41) is 4.59. The number of hydrazone groups is 1. The molecule has 0 radical (unpaired) electrons. The number of hydrogen-bond acceptors (Lipinski definition) is 6. The number of fused-ring (bicyclic) bond motifs is 1. The lowest BCUT2D eigenvalue weighted by Gasteiger charge is -2.05. The fraction of sp³-hybridized carbons (Fsp3) is 0.111. The first kappa shape index (κ1) is 19.1. The largest absolute Gasteiger partial charge is 0.426 e. The van der Waals surface area contributed by atoms with Crippen LogP contribution < -0.4 is 10.2 Å². The number of halogens is 1.